The summed E-state index contributed by atoms with van der Waals surface area (Å²) in [6.45, 7) is 0.0467. The van der Waals surface area contributed by atoms with Gasteiger partial charge in [0.05, 0.1) is 21.9 Å². The molecular weight excluding hydrogens is 514 g/mol. The third-order valence-corrected chi connectivity index (χ3v) is 7.74. The van der Waals surface area contributed by atoms with Gasteiger partial charge in [-0.05, 0) is 47.9 Å². The SMILES string of the molecule is COc1ccc(S(=O)(=O)NC(Cc2ccccc2)C(=O)NCc2ccc(S(N)(=O)=O)cc2)cc1Cl. The molecule has 12 heteroatoms. The molecule has 0 aliphatic heterocycles. The maximum atomic E-state index is 13.0. The quantitative estimate of drug-likeness (QED) is 0.361. The topological polar surface area (TPSA) is 145 Å². The molecular formula is C23H24ClN3O6S2. The molecule has 3 rings (SSSR count). The van der Waals surface area contributed by atoms with E-state index in [2.05, 4.69) is 10.0 Å². The number of hydrogen-bond acceptors (Lipinski definition) is 6. The Morgan fingerprint density at radius 2 is 1.57 bits per heavy atom. The number of nitrogens with two attached hydrogens (primary N) is 1. The molecule has 3 aromatic carbocycles. The molecule has 1 amide bonds. The summed E-state index contributed by atoms with van der Waals surface area (Å²) in [6.07, 6.45) is 0.0974. The lowest BCUT2D eigenvalue weighted by Gasteiger charge is -2.19. The summed E-state index contributed by atoms with van der Waals surface area (Å²) in [5, 5.41) is 7.90. The first-order valence-corrected chi connectivity index (χ1v) is 13.7. The highest BCUT2D eigenvalue weighted by Gasteiger charge is 2.26. The number of hydrogen-bond donors (Lipinski definition) is 3. The van der Waals surface area contributed by atoms with Gasteiger partial charge in [-0.3, -0.25) is 4.79 Å². The Bertz CT molecular complexity index is 1400. The van der Waals surface area contributed by atoms with Crippen molar-refractivity contribution in [2.45, 2.75) is 28.8 Å². The lowest BCUT2D eigenvalue weighted by molar-refractivity contribution is -0.122. The van der Waals surface area contributed by atoms with Crippen LogP contribution in [-0.4, -0.2) is 35.9 Å². The molecule has 0 aromatic heterocycles. The van der Waals surface area contributed by atoms with Crippen LogP contribution in [0.4, 0.5) is 0 Å². The van der Waals surface area contributed by atoms with Crippen LogP contribution in [0.1, 0.15) is 11.1 Å². The molecule has 3 aromatic rings. The van der Waals surface area contributed by atoms with E-state index in [1.165, 1.54) is 49.6 Å². The van der Waals surface area contributed by atoms with E-state index in [9.17, 15) is 21.6 Å². The molecule has 0 spiro atoms. The second-order valence-electron chi connectivity index (χ2n) is 7.57. The van der Waals surface area contributed by atoms with E-state index < -0.39 is 32.0 Å². The maximum absolute atomic E-state index is 13.0. The summed E-state index contributed by atoms with van der Waals surface area (Å²) in [6, 6.07) is 17.5. The van der Waals surface area contributed by atoms with Crippen molar-refractivity contribution in [2.75, 3.05) is 7.11 Å². The molecule has 4 N–H and O–H groups in total. The normalized spacial score (nSPS) is 12.7. The van der Waals surface area contributed by atoms with Crippen LogP contribution < -0.4 is 19.9 Å². The number of benzene rings is 3. The zero-order valence-electron chi connectivity index (χ0n) is 18.6. The molecule has 0 bridgehead atoms. The van der Waals surface area contributed by atoms with Gasteiger partial charge in [0.1, 0.15) is 11.8 Å². The number of sulfonamides is 2. The summed E-state index contributed by atoms with van der Waals surface area (Å²) in [4.78, 5) is 12.9. The largest absolute Gasteiger partial charge is 0.495 e. The Labute approximate surface area is 209 Å². The molecule has 0 radical (unpaired) electrons. The van der Waals surface area contributed by atoms with Crippen LogP contribution in [0.3, 0.4) is 0 Å². The van der Waals surface area contributed by atoms with Crippen molar-refractivity contribution >= 4 is 37.6 Å². The summed E-state index contributed by atoms with van der Waals surface area (Å²) < 4.78 is 56.4. The van der Waals surface area contributed by atoms with Crippen LogP contribution in [0.2, 0.25) is 5.02 Å². The smallest absolute Gasteiger partial charge is 0.241 e. The molecule has 0 aliphatic rings. The number of rotatable bonds is 10. The van der Waals surface area contributed by atoms with Crippen molar-refractivity contribution in [3.63, 3.8) is 0 Å². The second kappa shape index (κ2) is 11.2. The van der Waals surface area contributed by atoms with Gasteiger partial charge < -0.3 is 10.1 Å². The third-order valence-electron chi connectivity index (χ3n) is 5.05. The molecule has 9 nitrogen and oxygen atoms in total. The van der Waals surface area contributed by atoms with Crippen molar-refractivity contribution in [1.29, 1.82) is 0 Å². The number of primary sulfonamides is 1. The van der Waals surface area contributed by atoms with Gasteiger partial charge >= 0.3 is 0 Å². The average molecular weight is 538 g/mol. The number of amides is 1. The minimum absolute atomic E-state index is 0.0467. The van der Waals surface area contributed by atoms with Gasteiger partial charge in [0.15, 0.2) is 0 Å². The monoisotopic (exact) mass is 537 g/mol. The fraction of sp³-hybridized carbons (Fsp3) is 0.174. The van der Waals surface area contributed by atoms with Crippen LogP contribution in [-0.2, 0) is 37.8 Å². The van der Waals surface area contributed by atoms with Crippen molar-refractivity contribution in [3.05, 3.63) is 88.9 Å². The average Bonchev–Trinajstić information content (AvgIpc) is 2.82. The fourth-order valence-electron chi connectivity index (χ4n) is 3.22. The summed E-state index contributed by atoms with van der Waals surface area (Å²) >= 11 is 6.08. The fourth-order valence-corrected chi connectivity index (χ4v) is 5.28. The Kier molecular flexibility index (Phi) is 8.51. The Hall–Kier alpha value is -2.96. The minimum Gasteiger partial charge on any atom is -0.495 e. The van der Waals surface area contributed by atoms with Gasteiger partial charge in [0.25, 0.3) is 0 Å². The molecule has 0 heterocycles. The van der Waals surface area contributed by atoms with Crippen LogP contribution in [0, 0.1) is 0 Å². The molecule has 1 atom stereocenters. The lowest BCUT2D eigenvalue weighted by Crippen LogP contribution is -2.47. The van der Waals surface area contributed by atoms with Crippen molar-refractivity contribution < 1.29 is 26.4 Å². The molecule has 35 heavy (non-hydrogen) atoms. The van der Waals surface area contributed by atoms with Crippen LogP contribution in [0.5, 0.6) is 5.75 Å². The first-order chi connectivity index (χ1) is 16.5. The van der Waals surface area contributed by atoms with E-state index in [0.717, 1.165) is 5.56 Å². The number of carbonyl (C=O) groups excluding carboxylic acids is 1. The maximum Gasteiger partial charge on any atom is 0.241 e. The highest BCUT2D eigenvalue weighted by atomic mass is 35.5. The van der Waals surface area contributed by atoms with E-state index in [4.69, 9.17) is 21.5 Å². The van der Waals surface area contributed by atoms with E-state index in [0.29, 0.717) is 11.3 Å². The predicted molar refractivity (Wildman–Crippen MR) is 132 cm³/mol. The number of nitrogens with one attached hydrogen (secondary N) is 2. The van der Waals surface area contributed by atoms with Gasteiger partial charge in [-0.15, -0.1) is 0 Å². The van der Waals surface area contributed by atoms with Gasteiger partial charge in [0.2, 0.25) is 26.0 Å². The molecule has 1 unspecified atom stereocenters. The van der Waals surface area contributed by atoms with Crippen molar-refractivity contribution in [3.8, 4) is 5.75 Å². The standard InChI is InChI=1S/C23H24ClN3O6S2/c1-33-22-12-11-19(14-20(22)24)35(31,32)27-21(13-16-5-3-2-4-6-16)23(28)26-15-17-7-9-18(10-8-17)34(25,29)30/h2-12,14,21,27H,13,15H2,1H3,(H,26,28)(H2,25,29,30). The molecule has 186 valence electrons. The molecule has 0 saturated carbocycles. The van der Waals surface area contributed by atoms with E-state index in [1.54, 1.807) is 24.3 Å². The molecule has 0 saturated heterocycles. The Morgan fingerprint density at radius 3 is 2.14 bits per heavy atom. The van der Waals surface area contributed by atoms with Gasteiger partial charge in [-0.2, -0.15) is 4.72 Å². The van der Waals surface area contributed by atoms with Gasteiger partial charge in [-0.25, -0.2) is 22.0 Å². The summed E-state index contributed by atoms with van der Waals surface area (Å²) in [7, 11) is -6.53. The number of methoxy groups -OCH3 is 1. The first-order valence-electron chi connectivity index (χ1n) is 10.3. The Morgan fingerprint density at radius 1 is 0.943 bits per heavy atom. The van der Waals surface area contributed by atoms with Crippen LogP contribution in [0.25, 0.3) is 0 Å². The van der Waals surface area contributed by atoms with Crippen molar-refractivity contribution in [2.24, 2.45) is 5.14 Å². The van der Waals surface area contributed by atoms with E-state index >= 15 is 0 Å². The summed E-state index contributed by atoms with van der Waals surface area (Å²) in [5.74, 6) is -0.245. The molecule has 0 aliphatic carbocycles. The lowest BCUT2D eigenvalue weighted by atomic mass is 10.1. The minimum atomic E-state index is -4.11. The first kappa shape index (κ1) is 26.6. The van der Waals surface area contributed by atoms with Gasteiger partial charge in [-0.1, -0.05) is 54.1 Å². The zero-order chi connectivity index (χ0) is 25.6. The zero-order valence-corrected chi connectivity index (χ0v) is 21.0. The van der Waals surface area contributed by atoms with E-state index in [1.807, 2.05) is 6.07 Å². The number of ether oxygens (including phenoxy) is 1. The van der Waals surface area contributed by atoms with Gasteiger partial charge in [0, 0.05) is 6.54 Å². The number of carbonyl (C=O) groups is 1. The van der Waals surface area contributed by atoms with Crippen LogP contribution in [0.15, 0.2) is 82.6 Å². The second-order valence-corrected chi connectivity index (χ2v) is 11.2. The number of halogens is 1. The van der Waals surface area contributed by atoms with Crippen molar-refractivity contribution in [1.82, 2.24) is 10.0 Å². The third kappa shape index (κ3) is 7.26. The van der Waals surface area contributed by atoms with Crippen LogP contribution >= 0.6 is 11.6 Å². The Balaban J connectivity index is 1.79. The highest BCUT2D eigenvalue weighted by Crippen LogP contribution is 2.27. The van der Waals surface area contributed by atoms with E-state index in [-0.39, 0.29) is 27.8 Å². The summed E-state index contributed by atoms with van der Waals surface area (Å²) in [5.41, 5.74) is 1.36. The highest BCUT2D eigenvalue weighted by molar-refractivity contribution is 7.89. The predicted octanol–water partition coefficient (Wildman–Crippen LogP) is 2.20. The molecule has 0 fully saturated rings.